The Morgan fingerprint density at radius 1 is 1.30 bits per heavy atom. The first kappa shape index (κ1) is 14.1. The summed E-state index contributed by atoms with van der Waals surface area (Å²) in [6.07, 6.45) is 4.19. The number of rotatable bonds is 6. The highest BCUT2D eigenvalue weighted by molar-refractivity contribution is 5.76. The van der Waals surface area contributed by atoms with Gasteiger partial charge in [-0.25, -0.2) is 0 Å². The molecule has 2 rings (SSSR count). The van der Waals surface area contributed by atoms with E-state index in [4.69, 9.17) is 5.73 Å². The zero-order valence-corrected chi connectivity index (χ0v) is 11.8. The lowest BCUT2D eigenvalue weighted by Crippen LogP contribution is -2.13. The van der Waals surface area contributed by atoms with Gasteiger partial charge in [-0.2, -0.15) is 5.10 Å². The van der Waals surface area contributed by atoms with Crippen molar-refractivity contribution in [1.82, 2.24) is 9.78 Å². The fourth-order valence-corrected chi connectivity index (χ4v) is 1.90. The van der Waals surface area contributed by atoms with Gasteiger partial charge in [0.25, 0.3) is 0 Å². The van der Waals surface area contributed by atoms with Crippen molar-refractivity contribution in [2.24, 2.45) is 5.73 Å². The average Bonchev–Trinajstić information content (AvgIpc) is 2.86. The molecule has 1 heterocycles. The minimum atomic E-state index is -0.313. The third-order valence-electron chi connectivity index (χ3n) is 3.01. The predicted octanol–water partition coefficient (Wildman–Crippen LogP) is 2.10. The van der Waals surface area contributed by atoms with E-state index in [0.29, 0.717) is 6.04 Å². The molecule has 0 aliphatic rings. The standard InChI is InChI=1S/C15H20N4O/c1-11(2)19-10-13(9-18-19)8-17-14-5-3-12(4-6-14)7-15(16)20/h3-6,9-11,17H,7-8H2,1-2H3,(H2,16,20). The Morgan fingerprint density at radius 2 is 2.00 bits per heavy atom. The summed E-state index contributed by atoms with van der Waals surface area (Å²) in [5.41, 5.74) is 8.24. The number of benzene rings is 1. The first-order valence-corrected chi connectivity index (χ1v) is 6.69. The normalized spacial score (nSPS) is 10.8. The molecule has 106 valence electrons. The van der Waals surface area contributed by atoms with Crippen molar-refractivity contribution in [2.75, 3.05) is 5.32 Å². The number of aromatic nitrogens is 2. The van der Waals surface area contributed by atoms with Crippen LogP contribution in [0.2, 0.25) is 0 Å². The Labute approximate surface area is 118 Å². The molecular weight excluding hydrogens is 252 g/mol. The summed E-state index contributed by atoms with van der Waals surface area (Å²) in [6.45, 7) is 4.92. The number of carbonyl (C=O) groups is 1. The summed E-state index contributed by atoms with van der Waals surface area (Å²) in [5.74, 6) is -0.313. The number of hydrogen-bond acceptors (Lipinski definition) is 3. The van der Waals surface area contributed by atoms with E-state index in [1.54, 1.807) is 0 Å². The molecule has 0 unspecified atom stereocenters. The third-order valence-corrected chi connectivity index (χ3v) is 3.01. The van der Waals surface area contributed by atoms with Crippen LogP contribution in [0.3, 0.4) is 0 Å². The van der Waals surface area contributed by atoms with E-state index in [-0.39, 0.29) is 12.3 Å². The van der Waals surface area contributed by atoms with E-state index >= 15 is 0 Å². The van der Waals surface area contributed by atoms with E-state index in [1.807, 2.05) is 41.3 Å². The third kappa shape index (κ3) is 3.85. The molecule has 0 atom stereocenters. The SMILES string of the molecule is CC(C)n1cc(CNc2ccc(CC(N)=O)cc2)cn1. The van der Waals surface area contributed by atoms with E-state index < -0.39 is 0 Å². The molecule has 0 saturated carbocycles. The van der Waals surface area contributed by atoms with E-state index in [2.05, 4.69) is 24.3 Å². The lowest BCUT2D eigenvalue weighted by molar-refractivity contribution is -0.117. The van der Waals surface area contributed by atoms with Gasteiger partial charge < -0.3 is 11.1 Å². The molecular formula is C15H20N4O. The van der Waals surface area contributed by atoms with Gasteiger partial charge in [0.15, 0.2) is 0 Å². The average molecular weight is 272 g/mol. The van der Waals surface area contributed by atoms with Gasteiger partial charge in [0, 0.05) is 30.0 Å². The van der Waals surface area contributed by atoms with Crippen LogP contribution in [0.4, 0.5) is 5.69 Å². The Morgan fingerprint density at radius 3 is 2.55 bits per heavy atom. The number of nitrogens with two attached hydrogens (primary N) is 1. The van der Waals surface area contributed by atoms with Crippen LogP contribution in [0.1, 0.15) is 31.0 Å². The van der Waals surface area contributed by atoms with Crippen molar-refractivity contribution in [1.29, 1.82) is 0 Å². The summed E-state index contributed by atoms with van der Waals surface area (Å²) in [6, 6.07) is 8.09. The minimum Gasteiger partial charge on any atom is -0.381 e. The van der Waals surface area contributed by atoms with Crippen LogP contribution in [0.25, 0.3) is 0 Å². The molecule has 0 saturated heterocycles. The monoisotopic (exact) mass is 272 g/mol. The molecule has 20 heavy (non-hydrogen) atoms. The van der Waals surface area contributed by atoms with Gasteiger partial charge >= 0.3 is 0 Å². The van der Waals surface area contributed by atoms with Crippen molar-refractivity contribution in [3.8, 4) is 0 Å². The number of nitrogens with zero attached hydrogens (tertiary/aromatic N) is 2. The number of anilines is 1. The molecule has 0 radical (unpaired) electrons. The van der Waals surface area contributed by atoms with Crippen LogP contribution >= 0.6 is 0 Å². The molecule has 1 amide bonds. The highest BCUT2D eigenvalue weighted by atomic mass is 16.1. The highest BCUT2D eigenvalue weighted by Crippen LogP contribution is 2.12. The summed E-state index contributed by atoms with van der Waals surface area (Å²) in [7, 11) is 0. The number of primary amides is 1. The molecule has 5 heteroatoms. The fourth-order valence-electron chi connectivity index (χ4n) is 1.90. The second-order valence-corrected chi connectivity index (χ2v) is 5.12. The van der Waals surface area contributed by atoms with Gasteiger partial charge in [-0.05, 0) is 31.5 Å². The maximum Gasteiger partial charge on any atom is 0.221 e. The van der Waals surface area contributed by atoms with Crippen molar-refractivity contribution < 1.29 is 4.79 Å². The largest absolute Gasteiger partial charge is 0.381 e. The Kier molecular flexibility index (Phi) is 4.40. The lowest BCUT2D eigenvalue weighted by Gasteiger charge is -2.06. The number of nitrogens with one attached hydrogen (secondary N) is 1. The minimum absolute atomic E-state index is 0.279. The Balaban J connectivity index is 1.91. The van der Waals surface area contributed by atoms with Crippen molar-refractivity contribution in [3.05, 3.63) is 47.8 Å². The zero-order valence-electron chi connectivity index (χ0n) is 11.8. The first-order chi connectivity index (χ1) is 9.54. The maximum absolute atomic E-state index is 10.8. The van der Waals surface area contributed by atoms with Crippen LogP contribution in [0, 0.1) is 0 Å². The summed E-state index contributed by atoms with van der Waals surface area (Å²) in [5, 5.41) is 7.62. The first-order valence-electron chi connectivity index (χ1n) is 6.69. The predicted molar refractivity (Wildman–Crippen MR) is 79.3 cm³/mol. The summed E-state index contributed by atoms with van der Waals surface area (Å²) in [4.78, 5) is 10.8. The van der Waals surface area contributed by atoms with E-state index in [1.165, 1.54) is 0 Å². The highest BCUT2D eigenvalue weighted by Gasteiger charge is 2.02. The number of amides is 1. The zero-order chi connectivity index (χ0) is 14.5. The van der Waals surface area contributed by atoms with Crippen molar-refractivity contribution >= 4 is 11.6 Å². The van der Waals surface area contributed by atoms with Crippen LogP contribution in [-0.4, -0.2) is 15.7 Å². The molecule has 0 bridgehead atoms. The maximum atomic E-state index is 10.8. The second-order valence-electron chi connectivity index (χ2n) is 5.12. The fraction of sp³-hybridized carbons (Fsp3) is 0.333. The van der Waals surface area contributed by atoms with Crippen LogP contribution < -0.4 is 11.1 Å². The Bertz CT molecular complexity index is 572. The van der Waals surface area contributed by atoms with Gasteiger partial charge in [-0.15, -0.1) is 0 Å². The molecule has 1 aromatic heterocycles. The Hall–Kier alpha value is -2.30. The molecule has 0 aliphatic heterocycles. The van der Waals surface area contributed by atoms with E-state index in [0.717, 1.165) is 23.4 Å². The molecule has 0 aliphatic carbocycles. The van der Waals surface area contributed by atoms with Gasteiger partial charge in [-0.3, -0.25) is 9.48 Å². The molecule has 5 nitrogen and oxygen atoms in total. The number of carbonyl (C=O) groups excluding carboxylic acids is 1. The molecule has 1 aromatic carbocycles. The van der Waals surface area contributed by atoms with Gasteiger partial charge in [-0.1, -0.05) is 12.1 Å². The summed E-state index contributed by atoms with van der Waals surface area (Å²) >= 11 is 0. The quantitative estimate of drug-likeness (QED) is 0.845. The van der Waals surface area contributed by atoms with Crippen molar-refractivity contribution in [2.45, 2.75) is 32.9 Å². The lowest BCUT2D eigenvalue weighted by atomic mass is 10.1. The topological polar surface area (TPSA) is 72.9 Å². The van der Waals surface area contributed by atoms with Gasteiger partial charge in [0.1, 0.15) is 0 Å². The van der Waals surface area contributed by atoms with Crippen molar-refractivity contribution in [3.63, 3.8) is 0 Å². The number of hydrogen-bond donors (Lipinski definition) is 2. The second kappa shape index (κ2) is 6.23. The summed E-state index contributed by atoms with van der Waals surface area (Å²) < 4.78 is 1.94. The van der Waals surface area contributed by atoms with Gasteiger partial charge in [0.2, 0.25) is 5.91 Å². The van der Waals surface area contributed by atoms with Crippen LogP contribution in [0.15, 0.2) is 36.7 Å². The molecule has 3 N–H and O–H groups in total. The smallest absolute Gasteiger partial charge is 0.221 e. The van der Waals surface area contributed by atoms with E-state index in [9.17, 15) is 4.79 Å². The molecule has 0 spiro atoms. The van der Waals surface area contributed by atoms with Crippen LogP contribution in [0.5, 0.6) is 0 Å². The molecule has 2 aromatic rings. The van der Waals surface area contributed by atoms with Gasteiger partial charge in [0.05, 0.1) is 12.6 Å². The molecule has 0 fully saturated rings. The van der Waals surface area contributed by atoms with Crippen LogP contribution in [-0.2, 0) is 17.8 Å².